The molecule has 0 unspecified atom stereocenters. The molecule has 0 atom stereocenters. The molecule has 0 radical (unpaired) electrons. The predicted octanol–water partition coefficient (Wildman–Crippen LogP) is 1.35. The Bertz CT molecular complexity index is 798. The van der Waals surface area contributed by atoms with Gasteiger partial charge in [-0.3, -0.25) is 9.78 Å². The number of H-pyrrole nitrogens is 1. The van der Waals surface area contributed by atoms with Crippen LogP contribution in [0.1, 0.15) is 11.4 Å². The number of rotatable bonds is 4. The van der Waals surface area contributed by atoms with E-state index in [2.05, 4.69) is 25.5 Å². The van der Waals surface area contributed by atoms with Crippen LogP contribution in [0.4, 0.5) is 0 Å². The van der Waals surface area contributed by atoms with E-state index >= 15 is 0 Å². The number of nitrogens with zero attached hydrogens (tertiary/aromatic N) is 5. The molecule has 106 valence electrons. The summed E-state index contributed by atoms with van der Waals surface area (Å²) in [7, 11) is 0. The lowest BCUT2D eigenvalue weighted by molar-refractivity contribution is 0.788. The first-order chi connectivity index (χ1) is 10.2. The fourth-order valence-corrected chi connectivity index (χ4v) is 2.34. The van der Waals surface area contributed by atoms with Gasteiger partial charge in [-0.05, 0) is 19.1 Å². The average molecular weight is 300 g/mol. The Morgan fingerprint density at radius 1 is 1.19 bits per heavy atom. The predicted molar refractivity (Wildman–Crippen MR) is 78.3 cm³/mol. The Balaban J connectivity index is 1.70. The van der Waals surface area contributed by atoms with Crippen LogP contribution in [0.15, 0.2) is 46.5 Å². The van der Waals surface area contributed by atoms with E-state index in [1.54, 1.807) is 11.6 Å². The van der Waals surface area contributed by atoms with Gasteiger partial charge in [-0.2, -0.15) is 0 Å². The van der Waals surface area contributed by atoms with Gasteiger partial charge in [0.15, 0.2) is 5.16 Å². The van der Waals surface area contributed by atoms with Gasteiger partial charge in [0.05, 0.1) is 17.6 Å². The molecule has 2 aromatic heterocycles. The highest BCUT2D eigenvalue weighted by atomic mass is 32.2. The molecule has 0 bridgehead atoms. The molecule has 7 nitrogen and oxygen atoms in total. The van der Waals surface area contributed by atoms with Crippen LogP contribution < -0.4 is 5.56 Å². The number of aromatic amines is 1. The molecule has 0 saturated heterocycles. The third-order valence-electron chi connectivity index (χ3n) is 2.76. The maximum Gasteiger partial charge on any atom is 0.273 e. The van der Waals surface area contributed by atoms with Crippen molar-refractivity contribution in [2.45, 2.75) is 17.8 Å². The lowest BCUT2D eigenvalue weighted by atomic mass is 10.3. The van der Waals surface area contributed by atoms with Crippen LogP contribution in [0.2, 0.25) is 0 Å². The van der Waals surface area contributed by atoms with Crippen molar-refractivity contribution in [3.05, 3.63) is 58.3 Å². The quantitative estimate of drug-likeness (QED) is 0.731. The number of aromatic nitrogens is 6. The summed E-state index contributed by atoms with van der Waals surface area (Å²) in [6, 6.07) is 9.74. The van der Waals surface area contributed by atoms with Gasteiger partial charge in [-0.25, -0.2) is 4.68 Å². The van der Waals surface area contributed by atoms with Gasteiger partial charge < -0.3 is 0 Å². The first kappa shape index (κ1) is 13.5. The molecule has 8 heteroatoms. The number of para-hydroxylation sites is 1. The van der Waals surface area contributed by atoms with E-state index in [-0.39, 0.29) is 5.56 Å². The molecule has 3 rings (SSSR count). The fourth-order valence-electron chi connectivity index (χ4n) is 1.66. The minimum absolute atomic E-state index is 0.222. The maximum absolute atomic E-state index is 11.4. The van der Waals surface area contributed by atoms with Crippen molar-refractivity contribution in [3.8, 4) is 5.69 Å². The highest BCUT2D eigenvalue weighted by Gasteiger charge is 2.06. The number of aryl methyl sites for hydroxylation is 1. The summed E-state index contributed by atoms with van der Waals surface area (Å²) in [5, 5.41) is 16.4. The smallest absolute Gasteiger partial charge is 0.273 e. The largest absolute Gasteiger partial charge is 0.298 e. The van der Waals surface area contributed by atoms with E-state index in [9.17, 15) is 4.79 Å². The standard InChI is InChI=1S/C13H12N6OS/c1-9-12(20)14-13(17-15-9)21-8-10-7-19(18-16-10)11-5-3-2-4-6-11/h2-7H,8H2,1H3,(H,14,17,20). The number of hydrogen-bond donors (Lipinski definition) is 1. The minimum Gasteiger partial charge on any atom is -0.298 e. The second-order valence-electron chi connectivity index (χ2n) is 4.32. The van der Waals surface area contributed by atoms with Crippen molar-refractivity contribution < 1.29 is 0 Å². The highest BCUT2D eigenvalue weighted by molar-refractivity contribution is 7.98. The molecule has 0 amide bonds. The SMILES string of the molecule is Cc1nnc(SCc2cn(-c3ccccc3)nn2)[nH]c1=O. The number of nitrogens with one attached hydrogen (secondary N) is 1. The van der Waals surface area contributed by atoms with Gasteiger partial charge in [0.2, 0.25) is 0 Å². The Labute approximate surface area is 124 Å². The zero-order valence-corrected chi connectivity index (χ0v) is 12.0. The van der Waals surface area contributed by atoms with Gasteiger partial charge in [0, 0.05) is 5.75 Å². The van der Waals surface area contributed by atoms with Crippen LogP contribution in [0.5, 0.6) is 0 Å². The third kappa shape index (κ3) is 3.16. The van der Waals surface area contributed by atoms with E-state index < -0.39 is 0 Å². The molecular formula is C13H12N6OS. The highest BCUT2D eigenvalue weighted by Crippen LogP contribution is 2.16. The summed E-state index contributed by atoms with van der Waals surface area (Å²) < 4.78 is 1.71. The molecule has 0 spiro atoms. The van der Waals surface area contributed by atoms with E-state index in [4.69, 9.17) is 0 Å². The van der Waals surface area contributed by atoms with Crippen LogP contribution in [0, 0.1) is 6.92 Å². The van der Waals surface area contributed by atoms with E-state index in [0.717, 1.165) is 11.4 Å². The molecule has 21 heavy (non-hydrogen) atoms. The molecule has 1 N–H and O–H groups in total. The molecule has 0 aliphatic heterocycles. The first-order valence-electron chi connectivity index (χ1n) is 6.25. The van der Waals surface area contributed by atoms with Crippen molar-refractivity contribution in [1.82, 2.24) is 30.2 Å². The van der Waals surface area contributed by atoms with Crippen molar-refractivity contribution in [2.24, 2.45) is 0 Å². The monoisotopic (exact) mass is 300 g/mol. The molecular weight excluding hydrogens is 288 g/mol. The summed E-state index contributed by atoms with van der Waals surface area (Å²) in [4.78, 5) is 14.1. The number of thioether (sulfide) groups is 1. The molecule has 3 aromatic rings. The lowest BCUT2D eigenvalue weighted by Crippen LogP contribution is -2.14. The van der Waals surface area contributed by atoms with Crippen LogP contribution in [-0.4, -0.2) is 30.2 Å². The fraction of sp³-hybridized carbons (Fsp3) is 0.154. The molecule has 1 aromatic carbocycles. The van der Waals surface area contributed by atoms with Gasteiger partial charge in [0.1, 0.15) is 5.69 Å². The van der Waals surface area contributed by atoms with Crippen molar-refractivity contribution in [3.63, 3.8) is 0 Å². The second-order valence-corrected chi connectivity index (χ2v) is 5.29. The van der Waals surface area contributed by atoms with Crippen LogP contribution in [0.3, 0.4) is 0 Å². The van der Waals surface area contributed by atoms with Crippen molar-refractivity contribution in [1.29, 1.82) is 0 Å². The molecule has 0 saturated carbocycles. The van der Waals surface area contributed by atoms with Crippen LogP contribution >= 0.6 is 11.8 Å². The van der Waals surface area contributed by atoms with Gasteiger partial charge in [-0.15, -0.1) is 15.3 Å². The Kier molecular flexibility index (Phi) is 3.78. The number of hydrogen-bond acceptors (Lipinski definition) is 6. The normalized spacial score (nSPS) is 10.7. The molecule has 0 fully saturated rings. The summed E-state index contributed by atoms with van der Waals surface area (Å²) in [6.45, 7) is 1.62. The minimum atomic E-state index is -0.222. The van der Waals surface area contributed by atoms with E-state index in [0.29, 0.717) is 16.6 Å². The zero-order valence-electron chi connectivity index (χ0n) is 11.2. The zero-order chi connectivity index (χ0) is 14.7. The topological polar surface area (TPSA) is 89.3 Å². The Morgan fingerprint density at radius 2 is 2.00 bits per heavy atom. The lowest BCUT2D eigenvalue weighted by Gasteiger charge is -1.98. The molecule has 2 heterocycles. The average Bonchev–Trinajstić information content (AvgIpc) is 2.98. The second kappa shape index (κ2) is 5.88. The third-order valence-corrected chi connectivity index (χ3v) is 3.66. The summed E-state index contributed by atoms with van der Waals surface area (Å²) in [5.74, 6) is 0.556. The first-order valence-corrected chi connectivity index (χ1v) is 7.24. The summed E-state index contributed by atoms with van der Waals surface area (Å²) in [5.41, 5.74) is 1.88. The van der Waals surface area contributed by atoms with Crippen LogP contribution in [-0.2, 0) is 5.75 Å². The maximum atomic E-state index is 11.4. The Morgan fingerprint density at radius 3 is 2.76 bits per heavy atom. The molecule has 0 aliphatic rings. The van der Waals surface area contributed by atoms with E-state index in [1.807, 2.05) is 36.5 Å². The van der Waals surface area contributed by atoms with Gasteiger partial charge >= 0.3 is 0 Å². The van der Waals surface area contributed by atoms with E-state index in [1.165, 1.54) is 11.8 Å². The molecule has 0 aliphatic carbocycles. The van der Waals surface area contributed by atoms with Crippen molar-refractivity contribution >= 4 is 11.8 Å². The van der Waals surface area contributed by atoms with Crippen LogP contribution in [0.25, 0.3) is 5.69 Å². The van der Waals surface area contributed by atoms with Gasteiger partial charge in [-0.1, -0.05) is 35.2 Å². The Hall–Kier alpha value is -2.48. The van der Waals surface area contributed by atoms with Gasteiger partial charge in [0.25, 0.3) is 5.56 Å². The summed E-state index contributed by atoms with van der Waals surface area (Å²) >= 11 is 1.36. The summed E-state index contributed by atoms with van der Waals surface area (Å²) in [6.07, 6.45) is 1.85. The number of benzene rings is 1. The van der Waals surface area contributed by atoms with Crippen molar-refractivity contribution in [2.75, 3.05) is 0 Å².